The quantitative estimate of drug-likeness (QED) is 0.508. The van der Waals surface area contributed by atoms with Crippen LogP contribution in [0, 0.1) is 5.92 Å². The van der Waals surface area contributed by atoms with E-state index >= 15 is 0 Å². The predicted molar refractivity (Wildman–Crippen MR) is 45.2 cm³/mol. The second-order valence-corrected chi connectivity index (χ2v) is 2.81. The largest absolute Gasteiger partial charge is 0.378 e. The van der Waals surface area contributed by atoms with Gasteiger partial charge in [0.05, 0.1) is 6.10 Å². The molecule has 1 heteroatoms. The molecule has 0 radical (unpaired) electrons. The van der Waals surface area contributed by atoms with Crippen molar-refractivity contribution in [1.29, 1.82) is 0 Å². The van der Waals surface area contributed by atoms with E-state index < -0.39 is 0 Å². The van der Waals surface area contributed by atoms with Crippen LogP contribution in [0.15, 0.2) is 0 Å². The maximum Gasteiger partial charge on any atom is 0.0549 e. The molecule has 2 atom stereocenters. The lowest BCUT2D eigenvalue weighted by molar-refractivity contribution is 0.00682. The zero-order valence-corrected chi connectivity index (χ0v) is 7.68. The molecule has 1 nitrogen and oxygen atoms in total. The molecule has 1 saturated heterocycles. The summed E-state index contributed by atoms with van der Waals surface area (Å²) in [5.74, 6) is 0.888. The maximum absolute atomic E-state index is 5.35. The van der Waals surface area contributed by atoms with E-state index in [0.717, 1.165) is 12.5 Å². The summed E-state index contributed by atoms with van der Waals surface area (Å²) in [6, 6.07) is 0. The summed E-state index contributed by atoms with van der Waals surface area (Å²) in [4.78, 5) is 0. The highest BCUT2D eigenvalue weighted by atomic mass is 16.5. The molecule has 0 amide bonds. The Balaban J connectivity index is 0.000000371. The van der Waals surface area contributed by atoms with Crippen LogP contribution in [0.5, 0.6) is 0 Å². The van der Waals surface area contributed by atoms with Gasteiger partial charge in [-0.25, -0.2) is 0 Å². The molecular weight excluding hydrogens is 124 g/mol. The SMILES string of the molecule is CC.CC1CCO[C@@H](C)C1. The van der Waals surface area contributed by atoms with Crippen LogP contribution in [0.25, 0.3) is 0 Å². The van der Waals surface area contributed by atoms with Gasteiger partial charge >= 0.3 is 0 Å². The summed E-state index contributed by atoms with van der Waals surface area (Å²) in [5.41, 5.74) is 0. The van der Waals surface area contributed by atoms with Crippen molar-refractivity contribution in [3.05, 3.63) is 0 Å². The van der Waals surface area contributed by atoms with Crippen LogP contribution < -0.4 is 0 Å². The second-order valence-electron chi connectivity index (χ2n) is 2.81. The third-order valence-corrected chi connectivity index (χ3v) is 1.75. The van der Waals surface area contributed by atoms with Gasteiger partial charge in [0.15, 0.2) is 0 Å². The van der Waals surface area contributed by atoms with Gasteiger partial charge in [-0.15, -0.1) is 0 Å². The van der Waals surface area contributed by atoms with Crippen molar-refractivity contribution in [3.63, 3.8) is 0 Å². The fraction of sp³-hybridized carbons (Fsp3) is 1.00. The lowest BCUT2D eigenvalue weighted by Crippen LogP contribution is -2.20. The van der Waals surface area contributed by atoms with Crippen LogP contribution in [0.1, 0.15) is 40.5 Å². The van der Waals surface area contributed by atoms with Gasteiger partial charge in [-0.05, 0) is 25.7 Å². The van der Waals surface area contributed by atoms with Crippen molar-refractivity contribution in [2.45, 2.75) is 46.6 Å². The molecule has 0 aromatic carbocycles. The van der Waals surface area contributed by atoms with Crippen LogP contribution >= 0.6 is 0 Å². The molecule has 10 heavy (non-hydrogen) atoms. The normalized spacial score (nSPS) is 32.4. The first-order chi connectivity index (χ1) is 4.79. The highest BCUT2D eigenvalue weighted by Gasteiger charge is 2.13. The molecule has 0 saturated carbocycles. The Kier molecular flexibility index (Phi) is 5.70. The van der Waals surface area contributed by atoms with Gasteiger partial charge in [0.2, 0.25) is 0 Å². The Labute approximate surface area is 64.8 Å². The van der Waals surface area contributed by atoms with Crippen LogP contribution in [-0.2, 0) is 4.74 Å². The molecule has 1 unspecified atom stereocenters. The number of ether oxygens (including phenoxy) is 1. The van der Waals surface area contributed by atoms with Crippen molar-refractivity contribution >= 4 is 0 Å². The molecule has 1 aliphatic heterocycles. The molecule has 0 N–H and O–H groups in total. The van der Waals surface area contributed by atoms with Gasteiger partial charge < -0.3 is 4.74 Å². The number of hydrogen-bond acceptors (Lipinski definition) is 1. The first-order valence-corrected chi connectivity index (χ1v) is 4.40. The van der Waals surface area contributed by atoms with E-state index in [1.807, 2.05) is 13.8 Å². The molecule has 62 valence electrons. The Morgan fingerprint density at radius 2 is 1.80 bits per heavy atom. The molecule has 1 fully saturated rings. The summed E-state index contributed by atoms with van der Waals surface area (Å²) in [6.45, 7) is 9.41. The van der Waals surface area contributed by atoms with E-state index in [-0.39, 0.29) is 0 Å². The molecule has 0 spiro atoms. The third-order valence-electron chi connectivity index (χ3n) is 1.75. The molecule has 1 rings (SSSR count). The average Bonchev–Trinajstić information content (AvgIpc) is 1.91. The summed E-state index contributed by atoms with van der Waals surface area (Å²) in [5, 5.41) is 0. The molecular formula is C9H20O. The lowest BCUT2D eigenvalue weighted by atomic mass is 9.99. The minimum atomic E-state index is 0.513. The van der Waals surface area contributed by atoms with E-state index in [0.29, 0.717) is 6.10 Å². The van der Waals surface area contributed by atoms with Crippen LogP contribution in [0.2, 0.25) is 0 Å². The van der Waals surface area contributed by atoms with Gasteiger partial charge in [0.25, 0.3) is 0 Å². The van der Waals surface area contributed by atoms with Crippen molar-refractivity contribution in [3.8, 4) is 0 Å². The second kappa shape index (κ2) is 5.72. The number of rotatable bonds is 0. The van der Waals surface area contributed by atoms with Crippen molar-refractivity contribution < 1.29 is 4.74 Å². The summed E-state index contributed by atoms with van der Waals surface area (Å²) < 4.78 is 5.35. The van der Waals surface area contributed by atoms with E-state index in [1.54, 1.807) is 0 Å². The van der Waals surface area contributed by atoms with Gasteiger partial charge in [0.1, 0.15) is 0 Å². The molecule has 1 heterocycles. The van der Waals surface area contributed by atoms with Gasteiger partial charge in [-0.1, -0.05) is 20.8 Å². The zero-order chi connectivity index (χ0) is 7.98. The monoisotopic (exact) mass is 144 g/mol. The van der Waals surface area contributed by atoms with Crippen LogP contribution in [0.3, 0.4) is 0 Å². The van der Waals surface area contributed by atoms with E-state index in [4.69, 9.17) is 4.74 Å². The minimum Gasteiger partial charge on any atom is -0.378 e. The Bertz CT molecular complexity index is 63.1. The summed E-state index contributed by atoms with van der Waals surface area (Å²) >= 11 is 0. The molecule has 1 aliphatic rings. The van der Waals surface area contributed by atoms with Gasteiger partial charge in [-0.2, -0.15) is 0 Å². The Morgan fingerprint density at radius 3 is 2.10 bits per heavy atom. The lowest BCUT2D eigenvalue weighted by Gasteiger charge is -2.23. The van der Waals surface area contributed by atoms with Crippen molar-refractivity contribution in [2.75, 3.05) is 6.61 Å². The van der Waals surface area contributed by atoms with Crippen LogP contribution in [0.4, 0.5) is 0 Å². The van der Waals surface area contributed by atoms with Crippen molar-refractivity contribution in [2.24, 2.45) is 5.92 Å². The third kappa shape index (κ3) is 3.89. The van der Waals surface area contributed by atoms with E-state index in [2.05, 4.69) is 13.8 Å². The Morgan fingerprint density at radius 1 is 1.20 bits per heavy atom. The first-order valence-electron chi connectivity index (χ1n) is 4.40. The molecule has 0 aliphatic carbocycles. The minimum absolute atomic E-state index is 0.513. The number of hydrogen-bond donors (Lipinski definition) is 0. The summed E-state index contributed by atoms with van der Waals surface area (Å²) in [6.07, 6.45) is 3.02. The van der Waals surface area contributed by atoms with E-state index in [1.165, 1.54) is 12.8 Å². The smallest absolute Gasteiger partial charge is 0.0549 e. The van der Waals surface area contributed by atoms with E-state index in [9.17, 15) is 0 Å². The molecule has 0 aromatic rings. The van der Waals surface area contributed by atoms with Crippen molar-refractivity contribution in [1.82, 2.24) is 0 Å². The first kappa shape index (κ1) is 9.96. The van der Waals surface area contributed by atoms with Crippen LogP contribution in [-0.4, -0.2) is 12.7 Å². The summed E-state index contributed by atoms with van der Waals surface area (Å²) in [7, 11) is 0. The predicted octanol–water partition coefficient (Wildman–Crippen LogP) is 2.85. The Hall–Kier alpha value is -0.0400. The maximum atomic E-state index is 5.35. The highest BCUT2D eigenvalue weighted by Crippen LogP contribution is 2.18. The fourth-order valence-electron chi connectivity index (χ4n) is 1.22. The standard InChI is InChI=1S/C7H14O.C2H6/c1-6-3-4-8-7(2)5-6;1-2/h6-7H,3-5H2,1-2H3;1-2H3/t6?,7-;/m0./s1. The average molecular weight is 144 g/mol. The fourth-order valence-corrected chi connectivity index (χ4v) is 1.22. The van der Waals surface area contributed by atoms with Gasteiger partial charge in [0, 0.05) is 6.61 Å². The highest BCUT2D eigenvalue weighted by molar-refractivity contribution is 4.63. The topological polar surface area (TPSA) is 9.23 Å². The zero-order valence-electron chi connectivity index (χ0n) is 7.68. The molecule has 0 bridgehead atoms. The molecule has 0 aromatic heterocycles. The van der Waals surface area contributed by atoms with Gasteiger partial charge in [-0.3, -0.25) is 0 Å².